The number of nitrogens with one attached hydrogen (secondary N) is 1. The number of halogens is 1. The van der Waals surface area contributed by atoms with Crippen molar-refractivity contribution in [2.75, 3.05) is 13.1 Å². The number of hydrogen-bond acceptors (Lipinski definition) is 3. The Hall–Kier alpha value is -1.20. The van der Waals surface area contributed by atoms with Gasteiger partial charge in [0, 0.05) is 16.4 Å². The van der Waals surface area contributed by atoms with Crippen LogP contribution in [0.4, 0.5) is 0 Å². The summed E-state index contributed by atoms with van der Waals surface area (Å²) in [6.45, 7) is 10.7. The van der Waals surface area contributed by atoms with Crippen molar-refractivity contribution in [3.8, 4) is 5.82 Å². The first-order chi connectivity index (χ1) is 10.0. The molecule has 0 saturated heterocycles. The van der Waals surface area contributed by atoms with Crippen molar-refractivity contribution in [1.29, 1.82) is 0 Å². The fraction of sp³-hybridized carbons (Fsp3) is 0.500. The van der Waals surface area contributed by atoms with E-state index < -0.39 is 0 Å². The van der Waals surface area contributed by atoms with E-state index in [1.54, 1.807) is 6.20 Å². The first-order valence-electron chi connectivity index (χ1n) is 7.40. The standard InChI is InChI=1S/C16H23BrN4/c1-5-18-9-11(2)8-15-12(3)20-21(13(15)4)16-7-6-14(17)10-19-16/h6-7,10-11,18H,5,8-9H2,1-4H3. The van der Waals surface area contributed by atoms with Crippen molar-refractivity contribution in [3.05, 3.63) is 39.8 Å². The second-order valence-electron chi connectivity index (χ2n) is 5.51. The largest absolute Gasteiger partial charge is 0.317 e. The normalized spacial score (nSPS) is 12.6. The molecular formula is C16H23BrN4. The van der Waals surface area contributed by atoms with E-state index in [-0.39, 0.29) is 0 Å². The molecule has 0 aromatic carbocycles. The van der Waals surface area contributed by atoms with Crippen LogP contribution in [0.1, 0.15) is 30.8 Å². The van der Waals surface area contributed by atoms with Crippen molar-refractivity contribution < 1.29 is 0 Å². The maximum atomic E-state index is 4.66. The first-order valence-corrected chi connectivity index (χ1v) is 8.20. The lowest BCUT2D eigenvalue weighted by molar-refractivity contribution is 0.519. The second kappa shape index (κ2) is 7.18. The van der Waals surface area contributed by atoms with Crippen LogP contribution < -0.4 is 5.32 Å². The lowest BCUT2D eigenvalue weighted by Gasteiger charge is -2.12. The van der Waals surface area contributed by atoms with Crippen LogP contribution in [-0.2, 0) is 6.42 Å². The molecule has 0 radical (unpaired) electrons. The molecule has 2 heterocycles. The van der Waals surface area contributed by atoms with Gasteiger partial charge >= 0.3 is 0 Å². The lowest BCUT2D eigenvalue weighted by Crippen LogP contribution is -2.22. The molecule has 114 valence electrons. The van der Waals surface area contributed by atoms with E-state index in [2.05, 4.69) is 59.0 Å². The van der Waals surface area contributed by atoms with E-state index in [9.17, 15) is 0 Å². The van der Waals surface area contributed by atoms with Gasteiger partial charge in [0.05, 0.1) is 5.69 Å². The molecule has 1 unspecified atom stereocenters. The topological polar surface area (TPSA) is 42.7 Å². The van der Waals surface area contributed by atoms with Gasteiger partial charge < -0.3 is 5.32 Å². The van der Waals surface area contributed by atoms with Gasteiger partial charge in [-0.2, -0.15) is 5.10 Å². The van der Waals surface area contributed by atoms with Gasteiger partial charge in [0.25, 0.3) is 0 Å². The zero-order chi connectivity index (χ0) is 15.4. The summed E-state index contributed by atoms with van der Waals surface area (Å²) in [5, 5.41) is 8.07. The van der Waals surface area contributed by atoms with Crippen LogP contribution in [0.5, 0.6) is 0 Å². The zero-order valence-corrected chi connectivity index (χ0v) is 14.7. The van der Waals surface area contributed by atoms with Crippen molar-refractivity contribution in [1.82, 2.24) is 20.1 Å². The van der Waals surface area contributed by atoms with Gasteiger partial charge in [-0.3, -0.25) is 0 Å². The second-order valence-corrected chi connectivity index (χ2v) is 6.43. The average Bonchev–Trinajstić information content (AvgIpc) is 2.74. The summed E-state index contributed by atoms with van der Waals surface area (Å²) in [7, 11) is 0. The molecular weight excluding hydrogens is 328 g/mol. The summed E-state index contributed by atoms with van der Waals surface area (Å²) in [5.74, 6) is 1.46. The minimum atomic E-state index is 0.595. The Morgan fingerprint density at radius 2 is 2.10 bits per heavy atom. The van der Waals surface area contributed by atoms with Crippen molar-refractivity contribution in [3.63, 3.8) is 0 Å². The van der Waals surface area contributed by atoms with Crippen molar-refractivity contribution >= 4 is 15.9 Å². The van der Waals surface area contributed by atoms with Crippen LogP contribution in [0.15, 0.2) is 22.8 Å². The molecule has 2 rings (SSSR count). The molecule has 21 heavy (non-hydrogen) atoms. The van der Waals surface area contributed by atoms with Crippen LogP contribution in [-0.4, -0.2) is 27.9 Å². The molecule has 1 N–H and O–H groups in total. The summed E-state index contributed by atoms with van der Waals surface area (Å²) in [5.41, 5.74) is 3.62. The molecule has 0 spiro atoms. The van der Waals surface area contributed by atoms with Gasteiger partial charge in [-0.1, -0.05) is 13.8 Å². The van der Waals surface area contributed by atoms with Gasteiger partial charge in [0.1, 0.15) is 0 Å². The fourth-order valence-electron chi connectivity index (χ4n) is 2.50. The van der Waals surface area contributed by atoms with Crippen LogP contribution >= 0.6 is 15.9 Å². The van der Waals surface area contributed by atoms with Crippen LogP contribution in [0.3, 0.4) is 0 Å². The quantitative estimate of drug-likeness (QED) is 0.867. The number of hydrogen-bond donors (Lipinski definition) is 1. The van der Waals surface area contributed by atoms with E-state index in [1.165, 1.54) is 11.3 Å². The summed E-state index contributed by atoms with van der Waals surface area (Å²) in [6.07, 6.45) is 2.85. The predicted octanol–water partition coefficient (Wildman–Crippen LogP) is 3.43. The summed E-state index contributed by atoms with van der Waals surface area (Å²) < 4.78 is 2.92. The summed E-state index contributed by atoms with van der Waals surface area (Å²) in [6, 6.07) is 3.97. The Morgan fingerprint density at radius 3 is 2.71 bits per heavy atom. The highest BCUT2D eigenvalue weighted by Gasteiger charge is 2.15. The Kier molecular flexibility index (Phi) is 5.53. The summed E-state index contributed by atoms with van der Waals surface area (Å²) >= 11 is 3.41. The van der Waals surface area contributed by atoms with E-state index in [4.69, 9.17) is 0 Å². The van der Waals surface area contributed by atoms with Gasteiger partial charge in [0.2, 0.25) is 0 Å². The van der Waals surface area contributed by atoms with Gasteiger partial charge in [-0.15, -0.1) is 0 Å². The highest BCUT2D eigenvalue weighted by atomic mass is 79.9. The number of pyridine rings is 1. The smallest absolute Gasteiger partial charge is 0.153 e. The van der Waals surface area contributed by atoms with E-state index in [0.29, 0.717) is 5.92 Å². The summed E-state index contributed by atoms with van der Waals surface area (Å²) in [4.78, 5) is 4.43. The molecule has 0 amide bonds. The van der Waals surface area contributed by atoms with Crippen LogP contribution in [0, 0.1) is 19.8 Å². The number of aromatic nitrogens is 3. The van der Waals surface area contributed by atoms with Crippen LogP contribution in [0.2, 0.25) is 0 Å². The molecule has 2 aromatic heterocycles. The molecule has 4 nitrogen and oxygen atoms in total. The highest BCUT2D eigenvalue weighted by Crippen LogP contribution is 2.20. The monoisotopic (exact) mass is 350 g/mol. The highest BCUT2D eigenvalue weighted by molar-refractivity contribution is 9.10. The Morgan fingerprint density at radius 1 is 1.33 bits per heavy atom. The van der Waals surface area contributed by atoms with Gasteiger partial charge in [-0.05, 0) is 72.9 Å². The molecule has 1 atom stereocenters. The molecule has 0 saturated carbocycles. The predicted molar refractivity (Wildman–Crippen MR) is 89.9 cm³/mol. The van der Waals surface area contributed by atoms with E-state index >= 15 is 0 Å². The fourth-order valence-corrected chi connectivity index (χ4v) is 2.73. The lowest BCUT2D eigenvalue weighted by atomic mass is 9.99. The first kappa shape index (κ1) is 16.2. The average molecular weight is 351 g/mol. The Bertz CT molecular complexity index is 589. The Labute approximate surface area is 135 Å². The minimum absolute atomic E-state index is 0.595. The van der Waals surface area contributed by atoms with E-state index in [0.717, 1.165) is 35.5 Å². The van der Waals surface area contributed by atoms with Gasteiger partial charge in [0.15, 0.2) is 5.82 Å². The molecule has 0 aliphatic heterocycles. The molecule has 0 aliphatic carbocycles. The third kappa shape index (κ3) is 3.92. The molecule has 2 aromatic rings. The molecule has 5 heteroatoms. The third-order valence-corrected chi connectivity index (χ3v) is 4.13. The van der Waals surface area contributed by atoms with Crippen molar-refractivity contribution in [2.24, 2.45) is 5.92 Å². The molecule has 0 bridgehead atoms. The number of rotatable bonds is 6. The Balaban J connectivity index is 2.23. The minimum Gasteiger partial charge on any atom is -0.317 e. The molecule has 0 aliphatic rings. The zero-order valence-electron chi connectivity index (χ0n) is 13.2. The third-order valence-electron chi connectivity index (χ3n) is 3.67. The van der Waals surface area contributed by atoms with Crippen molar-refractivity contribution in [2.45, 2.75) is 34.1 Å². The van der Waals surface area contributed by atoms with Gasteiger partial charge in [-0.25, -0.2) is 9.67 Å². The van der Waals surface area contributed by atoms with Crippen LogP contribution in [0.25, 0.3) is 5.82 Å². The van der Waals surface area contributed by atoms with E-state index in [1.807, 2.05) is 16.8 Å². The SMILES string of the molecule is CCNCC(C)Cc1c(C)nn(-c2ccc(Br)cn2)c1C. The number of aryl methyl sites for hydroxylation is 1. The maximum absolute atomic E-state index is 4.66. The molecule has 0 fully saturated rings. The maximum Gasteiger partial charge on any atom is 0.153 e. The number of nitrogens with zero attached hydrogens (tertiary/aromatic N) is 3.